The number of thioether (sulfide) groups is 1. The van der Waals surface area contributed by atoms with Crippen LogP contribution in [0.25, 0.3) is 0 Å². The highest BCUT2D eigenvalue weighted by Gasteiger charge is 2.36. The van der Waals surface area contributed by atoms with Crippen LogP contribution in [0.5, 0.6) is 11.5 Å². The van der Waals surface area contributed by atoms with Gasteiger partial charge >= 0.3 is 5.97 Å². The molecule has 0 saturated heterocycles. The molecule has 1 aromatic carbocycles. The molecule has 0 saturated carbocycles. The second-order valence-corrected chi connectivity index (χ2v) is 7.03. The van der Waals surface area contributed by atoms with Crippen molar-refractivity contribution >= 4 is 28.8 Å². The van der Waals surface area contributed by atoms with E-state index in [4.69, 9.17) is 0 Å². The number of hydrogen-bond donors (Lipinski definition) is 3. The second kappa shape index (κ2) is 7.12. The number of benzene rings is 1. The van der Waals surface area contributed by atoms with Gasteiger partial charge in [-0.2, -0.15) is 0 Å². The SMILES string of the molecule is CC(=O)SCC(C)C(=O)N1Cc2cc(O)c(O)cc2CC1C(=O)O. The maximum Gasteiger partial charge on any atom is 0.326 e. The summed E-state index contributed by atoms with van der Waals surface area (Å²) in [6.45, 7) is 3.10. The van der Waals surface area contributed by atoms with Crippen molar-refractivity contribution < 1.29 is 29.7 Å². The summed E-state index contributed by atoms with van der Waals surface area (Å²) in [5.41, 5.74) is 1.19. The van der Waals surface area contributed by atoms with Gasteiger partial charge in [-0.15, -0.1) is 0 Å². The van der Waals surface area contributed by atoms with E-state index in [2.05, 4.69) is 0 Å². The minimum Gasteiger partial charge on any atom is -0.504 e. The predicted molar refractivity (Wildman–Crippen MR) is 87.8 cm³/mol. The van der Waals surface area contributed by atoms with Crippen molar-refractivity contribution in [2.75, 3.05) is 5.75 Å². The van der Waals surface area contributed by atoms with Crippen LogP contribution in [0.4, 0.5) is 0 Å². The zero-order valence-electron chi connectivity index (χ0n) is 13.4. The zero-order valence-corrected chi connectivity index (χ0v) is 14.2. The van der Waals surface area contributed by atoms with Gasteiger partial charge < -0.3 is 20.2 Å². The number of rotatable bonds is 4. The van der Waals surface area contributed by atoms with Crippen LogP contribution in [0.1, 0.15) is 25.0 Å². The summed E-state index contributed by atoms with van der Waals surface area (Å²) in [4.78, 5) is 36.5. The van der Waals surface area contributed by atoms with E-state index in [0.29, 0.717) is 11.1 Å². The molecular weight excluding hydrogens is 334 g/mol. The molecule has 1 aliphatic rings. The Bertz CT molecular complexity index is 689. The van der Waals surface area contributed by atoms with Crippen molar-refractivity contribution in [1.29, 1.82) is 0 Å². The summed E-state index contributed by atoms with van der Waals surface area (Å²) in [5.74, 6) is -2.33. The summed E-state index contributed by atoms with van der Waals surface area (Å²) in [7, 11) is 0. The van der Waals surface area contributed by atoms with Gasteiger partial charge in [0, 0.05) is 31.6 Å². The van der Waals surface area contributed by atoms with E-state index in [9.17, 15) is 29.7 Å². The molecule has 1 aliphatic heterocycles. The van der Waals surface area contributed by atoms with Crippen molar-refractivity contribution in [3.05, 3.63) is 23.3 Å². The van der Waals surface area contributed by atoms with Crippen LogP contribution in [-0.4, -0.2) is 49.0 Å². The molecule has 1 heterocycles. The fourth-order valence-corrected chi connectivity index (χ4v) is 3.29. The standard InChI is InChI=1S/C16H19NO6S/c1-8(7-24-9(2)18)15(21)17-6-11-5-14(20)13(19)4-10(11)3-12(17)16(22)23/h4-5,8,12,19-20H,3,6-7H2,1-2H3,(H,22,23). The third-order valence-corrected chi connectivity index (χ3v) is 5.03. The fraction of sp³-hybridized carbons (Fsp3) is 0.438. The predicted octanol–water partition coefficient (Wildman–Crippen LogP) is 1.35. The van der Waals surface area contributed by atoms with Crippen molar-refractivity contribution in [3.8, 4) is 11.5 Å². The van der Waals surface area contributed by atoms with Gasteiger partial charge in [-0.05, 0) is 23.3 Å². The summed E-state index contributed by atoms with van der Waals surface area (Å²) >= 11 is 1.02. The lowest BCUT2D eigenvalue weighted by molar-refractivity contribution is -0.152. The average Bonchev–Trinajstić information content (AvgIpc) is 2.51. The number of carbonyl (C=O) groups is 3. The van der Waals surface area contributed by atoms with Crippen LogP contribution in [0.2, 0.25) is 0 Å². The first-order chi connectivity index (χ1) is 11.2. The number of carbonyl (C=O) groups excluding carboxylic acids is 2. The molecule has 0 aliphatic carbocycles. The van der Waals surface area contributed by atoms with E-state index < -0.39 is 17.9 Å². The van der Waals surface area contributed by atoms with Gasteiger partial charge in [-0.3, -0.25) is 9.59 Å². The van der Waals surface area contributed by atoms with Crippen molar-refractivity contribution in [2.45, 2.75) is 32.9 Å². The van der Waals surface area contributed by atoms with Gasteiger partial charge in [-0.25, -0.2) is 4.79 Å². The lowest BCUT2D eigenvalue weighted by Crippen LogP contribution is -2.50. The molecule has 2 atom stereocenters. The van der Waals surface area contributed by atoms with Gasteiger partial charge in [-0.1, -0.05) is 18.7 Å². The number of hydrogen-bond acceptors (Lipinski definition) is 6. The number of aliphatic carboxylic acids is 1. The third-order valence-electron chi connectivity index (χ3n) is 3.95. The Labute approximate surface area is 143 Å². The zero-order chi connectivity index (χ0) is 18.0. The van der Waals surface area contributed by atoms with Crippen molar-refractivity contribution in [2.24, 2.45) is 5.92 Å². The fourth-order valence-electron chi connectivity index (χ4n) is 2.66. The molecule has 3 N–H and O–H groups in total. The molecule has 7 nitrogen and oxygen atoms in total. The molecule has 1 aromatic rings. The lowest BCUT2D eigenvalue weighted by atomic mass is 9.92. The van der Waals surface area contributed by atoms with Crippen molar-refractivity contribution in [3.63, 3.8) is 0 Å². The highest BCUT2D eigenvalue weighted by atomic mass is 32.2. The molecule has 130 valence electrons. The first-order valence-electron chi connectivity index (χ1n) is 7.41. The number of amides is 1. The molecular formula is C16H19NO6S. The van der Waals surface area contributed by atoms with Crippen molar-refractivity contribution in [1.82, 2.24) is 4.90 Å². The van der Waals surface area contributed by atoms with E-state index in [1.807, 2.05) is 0 Å². The number of phenolic OH excluding ortho intramolecular Hbond substituents is 2. The van der Waals surface area contributed by atoms with Crippen LogP contribution in [0, 0.1) is 5.92 Å². The minimum atomic E-state index is -1.13. The molecule has 0 fully saturated rings. The first kappa shape index (κ1) is 18.1. The van der Waals surface area contributed by atoms with E-state index in [0.717, 1.165) is 11.8 Å². The minimum absolute atomic E-state index is 0.0358. The average molecular weight is 353 g/mol. The summed E-state index contributed by atoms with van der Waals surface area (Å²) in [5, 5.41) is 28.5. The van der Waals surface area contributed by atoms with Gasteiger partial charge in [0.15, 0.2) is 16.6 Å². The molecule has 24 heavy (non-hydrogen) atoms. The van der Waals surface area contributed by atoms with E-state index in [1.54, 1.807) is 6.92 Å². The Kier molecular flexibility index (Phi) is 5.38. The maximum absolute atomic E-state index is 12.6. The number of aromatic hydroxyl groups is 2. The molecule has 0 radical (unpaired) electrons. The molecule has 2 unspecified atom stereocenters. The van der Waals surface area contributed by atoms with Crippen LogP contribution in [-0.2, 0) is 27.3 Å². The van der Waals surface area contributed by atoms with Gasteiger partial charge in [0.2, 0.25) is 5.91 Å². The molecule has 0 spiro atoms. The molecule has 2 rings (SSSR count). The quantitative estimate of drug-likeness (QED) is 0.700. The Hall–Kier alpha value is -2.22. The highest BCUT2D eigenvalue weighted by Crippen LogP contribution is 2.34. The van der Waals surface area contributed by atoms with Crippen LogP contribution in [0.15, 0.2) is 12.1 Å². The molecule has 8 heteroatoms. The highest BCUT2D eigenvalue weighted by molar-refractivity contribution is 8.13. The molecule has 0 aromatic heterocycles. The Balaban J connectivity index is 2.26. The first-order valence-corrected chi connectivity index (χ1v) is 8.39. The van der Waals surface area contributed by atoms with E-state index in [1.165, 1.54) is 24.0 Å². The van der Waals surface area contributed by atoms with Crippen LogP contribution < -0.4 is 0 Å². The maximum atomic E-state index is 12.6. The van der Waals surface area contributed by atoms with Crippen LogP contribution >= 0.6 is 11.8 Å². The van der Waals surface area contributed by atoms with E-state index >= 15 is 0 Å². The topological polar surface area (TPSA) is 115 Å². The Morgan fingerprint density at radius 2 is 1.83 bits per heavy atom. The Morgan fingerprint density at radius 1 is 1.25 bits per heavy atom. The number of phenols is 2. The number of carboxylic acids is 1. The van der Waals surface area contributed by atoms with Gasteiger partial charge in [0.05, 0.1) is 0 Å². The Morgan fingerprint density at radius 3 is 2.38 bits per heavy atom. The van der Waals surface area contributed by atoms with Gasteiger partial charge in [0.1, 0.15) is 6.04 Å². The largest absolute Gasteiger partial charge is 0.504 e. The summed E-state index contributed by atoms with van der Waals surface area (Å²) in [6.07, 6.45) is 0.0524. The van der Waals surface area contributed by atoms with Gasteiger partial charge in [0.25, 0.3) is 0 Å². The monoisotopic (exact) mass is 353 g/mol. The number of carboxylic acid groups (broad SMARTS) is 1. The number of fused-ring (bicyclic) bond motifs is 1. The van der Waals surface area contributed by atoms with Crippen LogP contribution in [0.3, 0.4) is 0 Å². The summed E-state index contributed by atoms with van der Waals surface area (Å²) < 4.78 is 0. The van der Waals surface area contributed by atoms with E-state index in [-0.39, 0.29) is 41.2 Å². The summed E-state index contributed by atoms with van der Waals surface area (Å²) in [6, 6.07) is 1.63. The smallest absolute Gasteiger partial charge is 0.326 e. The lowest BCUT2D eigenvalue weighted by Gasteiger charge is -2.36. The molecule has 0 bridgehead atoms. The number of nitrogens with zero attached hydrogens (tertiary/aromatic N) is 1. The third kappa shape index (κ3) is 3.81. The molecule has 1 amide bonds. The normalized spacial score (nSPS) is 17.9. The second-order valence-electron chi connectivity index (χ2n) is 5.84.